The van der Waals surface area contributed by atoms with Crippen LogP contribution < -0.4 is 5.32 Å². The molecule has 8 heteroatoms. The monoisotopic (exact) mass is 333 g/mol. The van der Waals surface area contributed by atoms with Gasteiger partial charge in [-0.25, -0.2) is 0 Å². The van der Waals surface area contributed by atoms with Gasteiger partial charge in [0.05, 0.1) is 18.2 Å². The Morgan fingerprint density at radius 1 is 1.48 bits per heavy atom. The van der Waals surface area contributed by atoms with Crippen LogP contribution in [0.3, 0.4) is 0 Å². The van der Waals surface area contributed by atoms with E-state index in [2.05, 4.69) is 5.32 Å². The first-order chi connectivity index (χ1) is 10.6. The normalized spacial score (nSPS) is 33.6. The summed E-state index contributed by atoms with van der Waals surface area (Å²) in [5.74, 6) is -3.05. The van der Waals surface area contributed by atoms with Crippen molar-refractivity contribution in [1.82, 2.24) is 5.32 Å². The van der Waals surface area contributed by atoms with Crippen LogP contribution in [0, 0.1) is 5.92 Å². The Bertz CT molecular complexity index is 426. The number of nitrogens with one attached hydrogen (secondary N) is 1. The lowest BCUT2D eigenvalue weighted by atomic mass is 9.84. The van der Waals surface area contributed by atoms with Crippen molar-refractivity contribution in [3.63, 3.8) is 0 Å². The van der Waals surface area contributed by atoms with Crippen LogP contribution in [0.4, 0.5) is 0 Å². The van der Waals surface area contributed by atoms with Crippen LogP contribution in [-0.2, 0) is 19.1 Å². The first kappa shape index (κ1) is 19.8. The summed E-state index contributed by atoms with van der Waals surface area (Å²) in [5.41, 5.74) is 0. The van der Waals surface area contributed by atoms with Gasteiger partial charge < -0.3 is 30.1 Å². The highest BCUT2D eigenvalue weighted by Crippen LogP contribution is 2.33. The fourth-order valence-corrected chi connectivity index (χ4v) is 2.98. The second-order valence-corrected chi connectivity index (χ2v) is 6.20. The van der Waals surface area contributed by atoms with Gasteiger partial charge in [-0.15, -0.1) is 0 Å². The molecule has 134 valence electrons. The Kier molecular flexibility index (Phi) is 6.94. The van der Waals surface area contributed by atoms with E-state index < -0.39 is 54.5 Å². The van der Waals surface area contributed by atoms with Crippen LogP contribution in [0.5, 0.6) is 0 Å². The van der Waals surface area contributed by atoms with E-state index in [0.29, 0.717) is 6.42 Å². The van der Waals surface area contributed by atoms with Crippen molar-refractivity contribution in [3.05, 3.63) is 0 Å². The minimum atomic E-state index is -1.56. The van der Waals surface area contributed by atoms with E-state index in [4.69, 9.17) is 14.6 Å². The minimum Gasteiger partial charge on any atom is -0.462 e. The lowest BCUT2D eigenvalue weighted by molar-refractivity contribution is -0.283. The molecular weight excluding hydrogens is 306 g/mol. The second kappa shape index (κ2) is 8.05. The first-order valence-electron chi connectivity index (χ1n) is 7.77. The molecule has 23 heavy (non-hydrogen) atoms. The third kappa shape index (κ3) is 5.42. The van der Waals surface area contributed by atoms with Gasteiger partial charge in [0.15, 0.2) is 5.79 Å². The van der Waals surface area contributed by atoms with Crippen LogP contribution >= 0.6 is 0 Å². The molecule has 0 aliphatic carbocycles. The average Bonchev–Trinajstić information content (AvgIpc) is 2.45. The Morgan fingerprint density at radius 2 is 2.09 bits per heavy atom. The second-order valence-electron chi connectivity index (χ2n) is 6.20. The molecule has 4 N–H and O–H groups in total. The standard InChI is InChI=1S/C15H27NO7/c1-5-11(22-9(3)18)8(2)14-13(16-12(20)7-17)10(19)6-15(4,21)23-14/h8,10-11,13-14,17,19,21H,5-7H2,1-4H3,(H,16,20). The van der Waals surface area contributed by atoms with Crippen molar-refractivity contribution < 1.29 is 34.4 Å². The summed E-state index contributed by atoms with van der Waals surface area (Å²) >= 11 is 0. The summed E-state index contributed by atoms with van der Waals surface area (Å²) in [6.07, 6.45) is -1.91. The van der Waals surface area contributed by atoms with Gasteiger partial charge >= 0.3 is 5.97 Å². The number of rotatable bonds is 6. The van der Waals surface area contributed by atoms with E-state index in [1.807, 2.05) is 6.92 Å². The van der Waals surface area contributed by atoms with Gasteiger partial charge in [-0.1, -0.05) is 13.8 Å². The van der Waals surface area contributed by atoms with Gasteiger partial charge in [-0.05, 0) is 13.3 Å². The van der Waals surface area contributed by atoms with Gasteiger partial charge in [0.2, 0.25) is 5.91 Å². The number of aliphatic hydroxyl groups excluding tert-OH is 2. The molecule has 0 saturated carbocycles. The molecule has 6 atom stereocenters. The highest BCUT2D eigenvalue weighted by molar-refractivity contribution is 5.77. The van der Waals surface area contributed by atoms with E-state index in [9.17, 15) is 19.8 Å². The number of hydrogen-bond donors (Lipinski definition) is 4. The number of hydrogen-bond acceptors (Lipinski definition) is 7. The molecule has 1 aliphatic rings. The van der Waals surface area contributed by atoms with E-state index in [1.165, 1.54) is 13.8 Å². The average molecular weight is 333 g/mol. The van der Waals surface area contributed by atoms with E-state index >= 15 is 0 Å². The molecule has 0 radical (unpaired) electrons. The predicted molar refractivity (Wildman–Crippen MR) is 80.1 cm³/mol. The minimum absolute atomic E-state index is 0.0864. The quantitative estimate of drug-likeness (QED) is 0.474. The van der Waals surface area contributed by atoms with Crippen molar-refractivity contribution >= 4 is 11.9 Å². The molecule has 1 heterocycles. The molecule has 0 spiro atoms. The fraction of sp³-hybridized carbons (Fsp3) is 0.867. The molecule has 1 fully saturated rings. The zero-order chi connectivity index (χ0) is 17.8. The Labute approximate surface area is 135 Å². The maximum atomic E-state index is 11.5. The molecule has 0 aromatic heterocycles. The van der Waals surface area contributed by atoms with E-state index in [-0.39, 0.29) is 6.42 Å². The topological polar surface area (TPSA) is 125 Å². The molecule has 1 rings (SSSR count). The highest BCUT2D eigenvalue weighted by Gasteiger charge is 2.47. The molecule has 1 saturated heterocycles. The van der Waals surface area contributed by atoms with Crippen molar-refractivity contribution in [1.29, 1.82) is 0 Å². The molecule has 1 amide bonds. The molecule has 6 unspecified atom stereocenters. The number of ether oxygens (including phenoxy) is 2. The number of aliphatic hydroxyl groups is 3. The van der Waals surface area contributed by atoms with Crippen molar-refractivity contribution in [2.75, 3.05) is 6.61 Å². The lowest BCUT2D eigenvalue weighted by Crippen LogP contribution is -2.63. The molecular formula is C15H27NO7. The summed E-state index contributed by atoms with van der Waals surface area (Å²) in [6, 6.07) is -0.825. The molecule has 8 nitrogen and oxygen atoms in total. The Hall–Kier alpha value is -1.22. The van der Waals surface area contributed by atoms with Gasteiger partial charge in [-0.3, -0.25) is 9.59 Å². The van der Waals surface area contributed by atoms with E-state index in [0.717, 1.165) is 0 Å². The number of carbonyl (C=O) groups excluding carboxylic acids is 2. The Balaban J connectivity index is 3.01. The zero-order valence-corrected chi connectivity index (χ0v) is 14.0. The summed E-state index contributed by atoms with van der Waals surface area (Å²) < 4.78 is 10.9. The third-order valence-electron chi connectivity index (χ3n) is 4.04. The van der Waals surface area contributed by atoms with Crippen LogP contribution in [0.15, 0.2) is 0 Å². The van der Waals surface area contributed by atoms with Gasteiger partial charge in [0, 0.05) is 19.3 Å². The van der Waals surface area contributed by atoms with Crippen molar-refractivity contribution in [2.24, 2.45) is 5.92 Å². The van der Waals surface area contributed by atoms with E-state index in [1.54, 1.807) is 6.92 Å². The highest BCUT2D eigenvalue weighted by atomic mass is 16.6. The smallest absolute Gasteiger partial charge is 0.302 e. The summed E-state index contributed by atoms with van der Waals surface area (Å²) in [6.45, 7) is 5.60. The number of amides is 1. The van der Waals surface area contributed by atoms with Crippen LogP contribution in [-0.4, -0.2) is 63.9 Å². The predicted octanol–water partition coefficient (Wildman–Crippen LogP) is -0.700. The summed E-state index contributed by atoms with van der Waals surface area (Å²) in [7, 11) is 0. The first-order valence-corrected chi connectivity index (χ1v) is 7.77. The molecule has 0 bridgehead atoms. The summed E-state index contributed by atoms with van der Waals surface area (Å²) in [5, 5.41) is 31.8. The lowest BCUT2D eigenvalue weighted by Gasteiger charge is -2.46. The maximum absolute atomic E-state index is 11.5. The Morgan fingerprint density at radius 3 is 2.57 bits per heavy atom. The van der Waals surface area contributed by atoms with Crippen molar-refractivity contribution in [2.45, 2.75) is 70.7 Å². The summed E-state index contributed by atoms with van der Waals surface area (Å²) in [4.78, 5) is 22.7. The van der Waals surface area contributed by atoms with Gasteiger partial charge in [0.25, 0.3) is 0 Å². The zero-order valence-electron chi connectivity index (χ0n) is 14.0. The van der Waals surface area contributed by atoms with Gasteiger partial charge in [-0.2, -0.15) is 0 Å². The van der Waals surface area contributed by atoms with Crippen LogP contribution in [0.1, 0.15) is 40.5 Å². The SMILES string of the molecule is CCC(OC(C)=O)C(C)C1OC(C)(O)CC(O)C1NC(=O)CO. The van der Waals surface area contributed by atoms with Gasteiger partial charge in [0.1, 0.15) is 12.7 Å². The van der Waals surface area contributed by atoms with Crippen LogP contribution in [0.25, 0.3) is 0 Å². The number of carbonyl (C=O) groups is 2. The van der Waals surface area contributed by atoms with Crippen LogP contribution in [0.2, 0.25) is 0 Å². The fourth-order valence-electron chi connectivity index (χ4n) is 2.98. The molecule has 1 aliphatic heterocycles. The largest absolute Gasteiger partial charge is 0.462 e. The number of esters is 1. The third-order valence-corrected chi connectivity index (χ3v) is 4.04. The maximum Gasteiger partial charge on any atom is 0.302 e. The van der Waals surface area contributed by atoms with Crippen molar-refractivity contribution in [3.8, 4) is 0 Å². The molecule has 0 aromatic carbocycles. The molecule has 0 aromatic rings.